The minimum atomic E-state index is -0.370. The van der Waals surface area contributed by atoms with Gasteiger partial charge in [-0.15, -0.1) is 0 Å². The van der Waals surface area contributed by atoms with Gasteiger partial charge in [-0.1, -0.05) is 18.2 Å². The number of carbonyl (C=O) groups is 1. The van der Waals surface area contributed by atoms with Gasteiger partial charge in [-0.3, -0.25) is 4.79 Å². The van der Waals surface area contributed by atoms with Gasteiger partial charge >= 0.3 is 0 Å². The van der Waals surface area contributed by atoms with Crippen molar-refractivity contribution in [2.75, 3.05) is 13.1 Å². The number of likely N-dealkylation sites (tertiary alicyclic amines) is 1. The van der Waals surface area contributed by atoms with Gasteiger partial charge in [-0.2, -0.15) is 0 Å². The molecule has 1 atom stereocenters. The van der Waals surface area contributed by atoms with Gasteiger partial charge in [0.05, 0.1) is 6.10 Å². The maximum absolute atomic E-state index is 12.0. The number of aromatic nitrogens is 1. The topological polar surface area (TPSA) is 45.5 Å². The molecule has 4 nitrogen and oxygen atoms in total. The summed E-state index contributed by atoms with van der Waals surface area (Å²) in [6, 6.07) is 8.12. The minimum absolute atomic E-state index is 0.0329. The van der Waals surface area contributed by atoms with Crippen LogP contribution < -0.4 is 0 Å². The summed E-state index contributed by atoms with van der Waals surface area (Å²) in [5, 5.41) is 10.6. The van der Waals surface area contributed by atoms with E-state index in [2.05, 4.69) is 16.7 Å². The van der Waals surface area contributed by atoms with Gasteiger partial charge in [-0.05, 0) is 18.6 Å². The van der Waals surface area contributed by atoms with E-state index in [0.29, 0.717) is 19.5 Å². The average Bonchev–Trinajstić information content (AvgIpc) is 3.01. The summed E-state index contributed by atoms with van der Waals surface area (Å²) in [5.74, 6) is -0.0329. The number of hydrogen-bond donors (Lipinski definition) is 1. The molecule has 1 amide bonds. The Bertz CT molecular complexity index is 672. The van der Waals surface area contributed by atoms with Crippen molar-refractivity contribution in [3.63, 3.8) is 0 Å². The summed E-state index contributed by atoms with van der Waals surface area (Å²) in [5.41, 5.74) is 2.19. The van der Waals surface area contributed by atoms with E-state index in [1.54, 1.807) is 11.0 Å². The average molecular weight is 270 g/mol. The molecule has 1 fully saturated rings. The largest absolute Gasteiger partial charge is 0.391 e. The lowest BCUT2D eigenvalue weighted by molar-refractivity contribution is -0.125. The monoisotopic (exact) mass is 270 g/mol. The number of β-amino-alcohol motifs (C(OH)–C–C–N with tert-alkyl or cyclic N) is 1. The molecule has 0 bridgehead atoms. The van der Waals surface area contributed by atoms with E-state index in [4.69, 9.17) is 0 Å². The molecule has 0 aliphatic carbocycles. The molecule has 0 unspecified atom stereocenters. The molecule has 2 aromatic rings. The van der Waals surface area contributed by atoms with Crippen molar-refractivity contribution in [2.45, 2.75) is 12.5 Å². The van der Waals surface area contributed by atoms with Gasteiger partial charge in [0, 0.05) is 48.9 Å². The quantitative estimate of drug-likeness (QED) is 0.846. The Morgan fingerprint density at radius 2 is 2.20 bits per heavy atom. The van der Waals surface area contributed by atoms with Gasteiger partial charge in [0.25, 0.3) is 0 Å². The molecule has 1 aromatic heterocycles. The van der Waals surface area contributed by atoms with E-state index in [9.17, 15) is 9.90 Å². The number of nitrogens with zero attached hydrogens (tertiary/aromatic N) is 2. The molecule has 3 rings (SSSR count). The second-order valence-electron chi connectivity index (χ2n) is 5.27. The number of amides is 1. The highest BCUT2D eigenvalue weighted by Crippen LogP contribution is 2.21. The lowest BCUT2D eigenvalue weighted by Gasteiger charge is -2.12. The van der Waals surface area contributed by atoms with Crippen LogP contribution in [0.25, 0.3) is 17.0 Å². The van der Waals surface area contributed by atoms with Crippen molar-refractivity contribution in [2.24, 2.45) is 7.05 Å². The Morgan fingerprint density at radius 1 is 1.40 bits per heavy atom. The van der Waals surface area contributed by atoms with Gasteiger partial charge < -0.3 is 14.6 Å². The van der Waals surface area contributed by atoms with E-state index >= 15 is 0 Å². The number of hydrogen-bond acceptors (Lipinski definition) is 2. The SMILES string of the molecule is Cn1cc(C=CC(=O)N2CC[C@@H](O)C2)c2ccccc21. The maximum Gasteiger partial charge on any atom is 0.246 e. The maximum atomic E-state index is 12.0. The Balaban J connectivity index is 1.82. The third kappa shape index (κ3) is 2.34. The third-order valence-corrected chi connectivity index (χ3v) is 3.81. The molecule has 2 heterocycles. The molecule has 0 radical (unpaired) electrons. The number of aliphatic hydroxyl groups excluding tert-OH is 1. The first-order chi connectivity index (χ1) is 9.65. The van der Waals surface area contributed by atoms with Crippen molar-refractivity contribution in [3.05, 3.63) is 42.1 Å². The fourth-order valence-corrected chi connectivity index (χ4v) is 2.71. The number of carbonyl (C=O) groups excluding carboxylic acids is 1. The Morgan fingerprint density at radius 3 is 2.95 bits per heavy atom. The van der Waals surface area contributed by atoms with Crippen LogP contribution in [0.3, 0.4) is 0 Å². The molecule has 1 aromatic carbocycles. The van der Waals surface area contributed by atoms with Crippen LogP contribution in [0.2, 0.25) is 0 Å². The fraction of sp³-hybridized carbons (Fsp3) is 0.312. The summed E-state index contributed by atoms with van der Waals surface area (Å²) in [6.07, 6.45) is 5.78. The van der Waals surface area contributed by atoms with E-state index in [-0.39, 0.29) is 12.0 Å². The van der Waals surface area contributed by atoms with Gasteiger partial charge in [0.2, 0.25) is 5.91 Å². The van der Waals surface area contributed by atoms with E-state index < -0.39 is 0 Å². The van der Waals surface area contributed by atoms with Crippen molar-refractivity contribution < 1.29 is 9.90 Å². The van der Waals surface area contributed by atoms with Crippen molar-refractivity contribution in [3.8, 4) is 0 Å². The number of rotatable bonds is 2. The first-order valence-corrected chi connectivity index (χ1v) is 6.84. The van der Waals surface area contributed by atoms with Gasteiger partial charge in [0.1, 0.15) is 0 Å². The highest BCUT2D eigenvalue weighted by Gasteiger charge is 2.22. The molecule has 1 aliphatic heterocycles. The zero-order valence-corrected chi connectivity index (χ0v) is 11.5. The molecular formula is C16H18N2O2. The Hall–Kier alpha value is -2.07. The predicted molar refractivity (Wildman–Crippen MR) is 79.2 cm³/mol. The summed E-state index contributed by atoms with van der Waals surface area (Å²) < 4.78 is 2.05. The highest BCUT2D eigenvalue weighted by atomic mass is 16.3. The summed E-state index contributed by atoms with van der Waals surface area (Å²) in [6.45, 7) is 1.08. The molecule has 104 valence electrons. The number of aryl methyl sites for hydroxylation is 1. The van der Waals surface area contributed by atoms with Crippen LogP contribution in [0.1, 0.15) is 12.0 Å². The highest BCUT2D eigenvalue weighted by molar-refractivity contribution is 5.96. The zero-order chi connectivity index (χ0) is 14.1. The Kier molecular flexibility index (Phi) is 3.32. The minimum Gasteiger partial charge on any atom is -0.391 e. The van der Waals surface area contributed by atoms with E-state index in [0.717, 1.165) is 16.5 Å². The predicted octanol–water partition coefficient (Wildman–Crippen LogP) is 1.78. The van der Waals surface area contributed by atoms with Crippen LogP contribution in [0.15, 0.2) is 36.5 Å². The smallest absolute Gasteiger partial charge is 0.246 e. The summed E-state index contributed by atoms with van der Waals surface area (Å²) >= 11 is 0. The third-order valence-electron chi connectivity index (χ3n) is 3.81. The van der Waals surface area contributed by atoms with Crippen LogP contribution in [0, 0.1) is 0 Å². The van der Waals surface area contributed by atoms with Gasteiger partial charge in [-0.25, -0.2) is 0 Å². The second-order valence-corrected chi connectivity index (χ2v) is 5.27. The molecule has 1 aliphatic rings. The standard InChI is InChI=1S/C16H18N2O2/c1-17-10-12(14-4-2-3-5-15(14)17)6-7-16(20)18-9-8-13(19)11-18/h2-7,10,13,19H,8-9,11H2,1H3/t13-/m1/s1. The molecule has 0 saturated carbocycles. The summed E-state index contributed by atoms with van der Waals surface area (Å²) in [4.78, 5) is 13.7. The normalized spacial score (nSPS) is 19.3. The number of para-hydroxylation sites is 1. The summed E-state index contributed by atoms with van der Waals surface area (Å²) in [7, 11) is 2.00. The van der Waals surface area contributed by atoms with Crippen LogP contribution >= 0.6 is 0 Å². The first-order valence-electron chi connectivity index (χ1n) is 6.84. The van der Waals surface area contributed by atoms with Crippen LogP contribution in [0.5, 0.6) is 0 Å². The molecular weight excluding hydrogens is 252 g/mol. The van der Waals surface area contributed by atoms with Crippen molar-refractivity contribution >= 4 is 22.9 Å². The number of aliphatic hydroxyl groups is 1. The number of benzene rings is 1. The lowest BCUT2D eigenvalue weighted by atomic mass is 10.1. The van der Waals surface area contributed by atoms with Gasteiger partial charge in [0.15, 0.2) is 0 Å². The second kappa shape index (κ2) is 5.13. The van der Waals surface area contributed by atoms with Crippen molar-refractivity contribution in [1.82, 2.24) is 9.47 Å². The zero-order valence-electron chi connectivity index (χ0n) is 11.5. The van der Waals surface area contributed by atoms with Crippen LogP contribution in [-0.4, -0.2) is 39.7 Å². The fourth-order valence-electron chi connectivity index (χ4n) is 2.71. The molecule has 4 heteroatoms. The molecule has 1 N–H and O–H groups in total. The van der Waals surface area contributed by atoms with E-state index in [1.165, 1.54) is 0 Å². The van der Waals surface area contributed by atoms with Crippen LogP contribution in [0.4, 0.5) is 0 Å². The van der Waals surface area contributed by atoms with Crippen molar-refractivity contribution in [1.29, 1.82) is 0 Å². The van der Waals surface area contributed by atoms with Crippen LogP contribution in [-0.2, 0) is 11.8 Å². The molecule has 0 spiro atoms. The molecule has 1 saturated heterocycles. The first kappa shape index (κ1) is 12.9. The molecule has 20 heavy (non-hydrogen) atoms. The lowest BCUT2D eigenvalue weighted by Crippen LogP contribution is -2.27. The van der Waals surface area contributed by atoms with E-state index in [1.807, 2.05) is 31.5 Å². The Labute approximate surface area is 117 Å². The number of fused-ring (bicyclic) bond motifs is 1.